The fourth-order valence-electron chi connectivity index (χ4n) is 3.36. The Morgan fingerprint density at radius 1 is 1.19 bits per heavy atom. The molecule has 0 radical (unpaired) electrons. The van der Waals surface area contributed by atoms with Crippen LogP contribution in [0.1, 0.15) is 22.5 Å². The number of amides is 1. The highest BCUT2D eigenvalue weighted by molar-refractivity contribution is 6.44. The van der Waals surface area contributed by atoms with Crippen LogP contribution in [0, 0.1) is 42.2 Å². The minimum atomic E-state index is -0.632. The fourth-order valence-corrected chi connectivity index (χ4v) is 3.71. The number of carbonyl (C=O) groups is 1. The van der Waals surface area contributed by atoms with Crippen molar-refractivity contribution in [1.29, 1.82) is 5.26 Å². The second-order valence-electron chi connectivity index (χ2n) is 7.12. The zero-order valence-corrected chi connectivity index (χ0v) is 19.0. The van der Waals surface area contributed by atoms with Gasteiger partial charge in [0, 0.05) is 23.0 Å². The highest BCUT2D eigenvalue weighted by atomic mass is 35.5. The topological polar surface area (TPSA) is 101 Å². The van der Waals surface area contributed by atoms with Crippen LogP contribution in [0.15, 0.2) is 48.0 Å². The van der Waals surface area contributed by atoms with E-state index < -0.39 is 10.8 Å². The van der Waals surface area contributed by atoms with Crippen LogP contribution in [0.25, 0.3) is 11.8 Å². The van der Waals surface area contributed by atoms with Gasteiger partial charge in [0.2, 0.25) is 0 Å². The summed E-state index contributed by atoms with van der Waals surface area (Å²) in [6.45, 7) is 5.33. The van der Waals surface area contributed by atoms with Crippen molar-refractivity contribution >= 4 is 46.6 Å². The number of carbonyl (C=O) groups excluding carboxylic acids is 1. The monoisotopic (exact) mass is 468 g/mol. The van der Waals surface area contributed by atoms with Gasteiger partial charge in [-0.25, -0.2) is 0 Å². The second-order valence-corrected chi connectivity index (χ2v) is 7.90. The number of anilines is 1. The van der Waals surface area contributed by atoms with Gasteiger partial charge in [0.05, 0.1) is 26.3 Å². The van der Waals surface area contributed by atoms with E-state index in [-0.39, 0.29) is 21.3 Å². The molecule has 3 rings (SSSR count). The van der Waals surface area contributed by atoms with E-state index >= 15 is 0 Å². The van der Waals surface area contributed by atoms with Gasteiger partial charge in [0.15, 0.2) is 0 Å². The maximum Gasteiger partial charge on any atom is 0.274 e. The number of nitro groups is 1. The van der Waals surface area contributed by atoms with E-state index in [1.54, 1.807) is 43.3 Å². The number of halogens is 2. The van der Waals surface area contributed by atoms with Gasteiger partial charge in [-0.1, -0.05) is 35.3 Å². The molecule has 0 fully saturated rings. The van der Waals surface area contributed by atoms with Crippen LogP contribution in [-0.4, -0.2) is 15.4 Å². The molecule has 1 amide bonds. The molecule has 0 unspecified atom stereocenters. The number of rotatable bonds is 5. The largest absolute Gasteiger partial charge is 0.320 e. The van der Waals surface area contributed by atoms with Crippen LogP contribution in [0.3, 0.4) is 0 Å². The molecule has 1 N–H and O–H groups in total. The van der Waals surface area contributed by atoms with Crippen molar-refractivity contribution in [2.45, 2.75) is 20.8 Å². The maximum atomic E-state index is 12.7. The summed E-state index contributed by atoms with van der Waals surface area (Å²) in [5, 5.41) is 23.9. The molecule has 0 aliphatic rings. The van der Waals surface area contributed by atoms with Crippen molar-refractivity contribution in [3.05, 3.63) is 90.7 Å². The van der Waals surface area contributed by atoms with Crippen LogP contribution >= 0.6 is 23.2 Å². The van der Waals surface area contributed by atoms with Crippen LogP contribution in [-0.2, 0) is 4.79 Å². The molecule has 2 aromatic carbocycles. The normalized spacial score (nSPS) is 11.2. The highest BCUT2D eigenvalue weighted by Gasteiger charge is 2.17. The summed E-state index contributed by atoms with van der Waals surface area (Å²) in [5.41, 5.74) is 3.51. The predicted molar refractivity (Wildman–Crippen MR) is 125 cm³/mol. The number of aromatic nitrogens is 1. The molecular formula is C23H18Cl2N4O3. The Hall–Kier alpha value is -3.60. The molecule has 0 atom stereocenters. The summed E-state index contributed by atoms with van der Waals surface area (Å²) in [5.74, 6) is -0.632. The van der Waals surface area contributed by atoms with E-state index in [4.69, 9.17) is 23.2 Å². The lowest BCUT2D eigenvalue weighted by molar-refractivity contribution is -0.385. The summed E-state index contributed by atoms with van der Waals surface area (Å²) in [6.07, 6.45) is 1.47. The molecule has 0 aliphatic heterocycles. The van der Waals surface area contributed by atoms with E-state index in [0.29, 0.717) is 22.5 Å². The zero-order chi connectivity index (χ0) is 23.6. The van der Waals surface area contributed by atoms with Crippen LogP contribution < -0.4 is 5.32 Å². The van der Waals surface area contributed by atoms with Crippen LogP contribution in [0.4, 0.5) is 11.4 Å². The lowest BCUT2D eigenvalue weighted by atomic mass is 10.1. The molecule has 0 aliphatic carbocycles. The minimum absolute atomic E-state index is 0.0163. The van der Waals surface area contributed by atoms with Gasteiger partial charge in [-0.15, -0.1) is 0 Å². The number of hydrogen-bond donors (Lipinski definition) is 1. The van der Waals surface area contributed by atoms with Crippen LogP contribution in [0.5, 0.6) is 0 Å². The number of nitriles is 1. The molecule has 1 heterocycles. The lowest BCUT2D eigenvalue weighted by Crippen LogP contribution is -2.13. The summed E-state index contributed by atoms with van der Waals surface area (Å²) in [6, 6.07) is 13.5. The third kappa shape index (κ3) is 4.52. The lowest BCUT2D eigenvalue weighted by Gasteiger charge is -2.10. The molecule has 162 valence electrons. The standard InChI is InChI=1S/C23H18Cl2N4O3/c1-13-7-8-18(11-21(13)29(31)32)28-14(2)9-16(15(28)3)10-17(12-26)23(30)27-20-6-4-5-19(24)22(20)25/h4-11H,1-3H3,(H,27,30)/b17-10-. The van der Waals surface area contributed by atoms with Gasteiger partial charge in [-0.3, -0.25) is 14.9 Å². The van der Waals surface area contributed by atoms with Gasteiger partial charge < -0.3 is 9.88 Å². The number of nitro benzene ring substituents is 1. The van der Waals surface area contributed by atoms with Crippen LogP contribution in [0.2, 0.25) is 10.0 Å². The smallest absolute Gasteiger partial charge is 0.274 e. The van der Waals surface area contributed by atoms with Gasteiger partial charge in [0.25, 0.3) is 11.6 Å². The predicted octanol–water partition coefficient (Wildman–Crippen LogP) is 6.16. The van der Waals surface area contributed by atoms with E-state index in [2.05, 4.69) is 5.32 Å². The Morgan fingerprint density at radius 2 is 1.91 bits per heavy atom. The van der Waals surface area contributed by atoms with Gasteiger partial charge in [0.1, 0.15) is 11.6 Å². The Balaban J connectivity index is 1.99. The summed E-state index contributed by atoms with van der Waals surface area (Å²) in [7, 11) is 0. The number of aryl methyl sites for hydroxylation is 2. The molecule has 0 saturated carbocycles. The molecule has 1 aromatic heterocycles. The Morgan fingerprint density at radius 3 is 2.56 bits per heavy atom. The third-order valence-electron chi connectivity index (χ3n) is 4.98. The average Bonchev–Trinajstić information content (AvgIpc) is 3.02. The number of hydrogen-bond acceptors (Lipinski definition) is 4. The average molecular weight is 469 g/mol. The van der Waals surface area contributed by atoms with Crippen molar-refractivity contribution < 1.29 is 9.72 Å². The molecule has 0 saturated heterocycles. The first kappa shape index (κ1) is 23.1. The molecule has 9 heteroatoms. The van der Waals surface area contributed by atoms with E-state index in [1.165, 1.54) is 12.1 Å². The van der Waals surface area contributed by atoms with Gasteiger partial charge >= 0.3 is 0 Å². The third-order valence-corrected chi connectivity index (χ3v) is 5.80. The Labute approximate surface area is 194 Å². The summed E-state index contributed by atoms with van der Waals surface area (Å²) >= 11 is 12.1. The number of benzene rings is 2. The Bertz CT molecular complexity index is 1320. The van der Waals surface area contributed by atoms with Crippen molar-refractivity contribution in [1.82, 2.24) is 4.57 Å². The Kier molecular flexibility index (Phi) is 6.68. The van der Waals surface area contributed by atoms with Crippen molar-refractivity contribution in [3.8, 4) is 11.8 Å². The van der Waals surface area contributed by atoms with E-state index in [9.17, 15) is 20.2 Å². The second kappa shape index (κ2) is 9.27. The molecule has 0 bridgehead atoms. The number of nitrogens with one attached hydrogen (secondary N) is 1. The number of nitrogens with zero attached hydrogens (tertiary/aromatic N) is 3. The van der Waals surface area contributed by atoms with E-state index in [0.717, 1.165) is 11.4 Å². The molecule has 32 heavy (non-hydrogen) atoms. The highest BCUT2D eigenvalue weighted by Crippen LogP contribution is 2.30. The van der Waals surface area contributed by atoms with Crippen molar-refractivity contribution in [2.75, 3.05) is 5.32 Å². The summed E-state index contributed by atoms with van der Waals surface area (Å²) in [4.78, 5) is 23.6. The van der Waals surface area contributed by atoms with Crippen molar-refractivity contribution in [2.24, 2.45) is 0 Å². The van der Waals surface area contributed by atoms with E-state index in [1.807, 2.05) is 24.5 Å². The first-order valence-corrected chi connectivity index (χ1v) is 10.2. The molecule has 7 nitrogen and oxygen atoms in total. The molecule has 3 aromatic rings. The first-order valence-electron chi connectivity index (χ1n) is 9.45. The fraction of sp³-hybridized carbons (Fsp3) is 0.130. The van der Waals surface area contributed by atoms with Gasteiger partial charge in [-0.05, 0) is 56.7 Å². The first-order chi connectivity index (χ1) is 15.1. The molecule has 0 spiro atoms. The van der Waals surface area contributed by atoms with Gasteiger partial charge in [-0.2, -0.15) is 5.26 Å². The SMILES string of the molecule is Cc1ccc(-n2c(C)cc(/C=C(/C#N)C(=O)Nc3cccc(Cl)c3Cl)c2C)cc1[N+](=O)[O-]. The summed E-state index contributed by atoms with van der Waals surface area (Å²) < 4.78 is 1.83. The zero-order valence-electron chi connectivity index (χ0n) is 17.4. The minimum Gasteiger partial charge on any atom is -0.320 e. The maximum absolute atomic E-state index is 12.7. The quantitative estimate of drug-likeness (QED) is 0.209. The van der Waals surface area contributed by atoms with Crippen molar-refractivity contribution in [3.63, 3.8) is 0 Å². The molecular weight excluding hydrogens is 451 g/mol.